The van der Waals surface area contributed by atoms with E-state index < -0.39 is 10.9 Å². The molecule has 0 amide bonds. The number of carbonyl (C=O) groups excluding carboxylic acids is 1. The second kappa shape index (κ2) is 4.70. The van der Waals surface area contributed by atoms with Crippen LogP contribution in [0.5, 0.6) is 0 Å². The van der Waals surface area contributed by atoms with E-state index in [1.165, 1.54) is 19.1 Å². The Bertz CT molecular complexity index is 408. The summed E-state index contributed by atoms with van der Waals surface area (Å²) in [5.41, 5.74) is 0.0871. The first-order chi connectivity index (χ1) is 7.00. The van der Waals surface area contributed by atoms with Crippen LogP contribution in [0.1, 0.15) is 12.6 Å². The van der Waals surface area contributed by atoms with Crippen LogP contribution in [-0.4, -0.2) is 15.9 Å². The third kappa shape index (κ3) is 3.17. The van der Waals surface area contributed by atoms with Gasteiger partial charge in [0.1, 0.15) is 6.61 Å². The molecule has 0 aromatic carbocycles. The van der Waals surface area contributed by atoms with E-state index in [9.17, 15) is 14.9 Å². The summed E-state index contributed by atoms with van der Waals surface area (Å²) in [6.45, 7) is 1.21. The second-order valence-electron chi connectivity index (χ2n) is 2.65. The Morgan fingerprint density at radius 2 is 2.33 bits per heavy atom. The van der Waals surface area contributed by atoms with Crippen LogP contribution in [0.15, 0.2) is 12.1 Å². The minimum Gasteiger partial charge on any atom is -0.459 e. The molecule has 1 rings (SSSR count). The van der Waals surface area contributed by atoms with Gasteiger partial charge in [-0.25, -0.2) is 4.98 Å². The molecule has 1 aromatic rings. The highest BCUT2D eigenvalue weighted by atomic mass is 35.5. The maximum Gasteiger partial charge on any atom is 0.306 e. The van der Waals surface area contributed by atoms with Gasteiger partial charge < -0.3 is 4.74 Å². The summed E-state index contributed by atoms with van der Waals surface area (Å²) >= 11 is 5.55. The van der Waals surface area contributed by atoms with Crippen LogP contribution in [-0.2, 0) is 16.1 Å². The molecule has 0 aliphatic rings. The van der Waals surface area contributed by atoms with E-state index in [1.807, 2.05) is 0 Å². The van der Waals surface area contributed by atoms with Crippen LogP contribution in [0.3, 0.4) is 0 Å². The maximum atomic E-state index is 10.5. The van der Waals surface area contributed by atoms with Crippen LogP contribution in [0.25, 0.3) is 0 Å². The first-order valence-corrected chi connectivity index (χ1v) is 4.31. The topological polar surface area (TPSA) is 82.3 Å². The first kappa shape index (κ1) is 11.4. The minimum absolute atomic E-state index is 0.0486. The van der Waals surface area contributed by atoms with Crippen LogP contribution in [0.2, 0.25) is 5.15 Å². The predicted molar refractivity (Wildman–Crippen MR) is 51.4 cm³/mol. The zero-order valence-corrected chi connectivity index (χ0v) is 8.52. The molecule has 0 aliphatic heterocycles. The molecule has 1 aromatic heterocycles. The van der Waals surface area contributed by atoms with E-state index in [4.69, 9.17) is 11.6 Å². The number of rotatable bonds is 3. The smallest absolute Gasteiger partial charge is 0.306 e. The van der Waals surface area contributed by atoms with E-state index in [0.29, 0.717) is 5.69 Å². The molecule has 0 radical (unpaired) electrons. The third-order valence-corrected chi connectivity index (χ3v) is 1.78. The molecule has 0 unspecified atom stereocenters. The van der Waals surface area contributed by atoms with Gasteiger partial charge in [0.05, 0.1) is 10.6 Å². The number of aromatic nitrogens is 1. The number of halogens is 1. The van der Waals surface area contributed by atoms with Gasteiger partial charge in [0.15, 0.2) is 0 Å². The summed E-state index contributed by atoms with van der Waals surface area (Å²) in [7, 11) is 0. The highest BCUT2D eigenvalue weighted by Gasteiger charge is 2.13. The van der Waals surface area contributed by atoms with Gasteiger partial charge in [-0.1, -0.05) is 11.6 Å². The minimum atomic E-state index is -0.634. The molecule has 0 fully saturated rings. The fraction of sp³-hybridized carbons (Fsp3) is 0.250. The lowest BCUT2D eigenvalue weighted by Gasteiger charge is -2.01. The van der Waals surface area contributed by atoms with Gasteiger partial charge in [-0.3, -0.25) is 14.9 Å². The van der Waals surface area contributed by atoms with E-state index in [-0.39, 0.29) is 17.4 Å². The van der Waals surface area contributed by atoms with Gasteiger partial charge in [-0.15, -0.1) is 0 Å². The highest BCUT2D eigenvalue weighted by molar-refractivity contribution is 6.31. The second-order valence-corrected chi connectivity index (χ2v) is 3.01. The molecular formula is C8H7ClN2O4. The summed E-state index contributed by atoms with van der Waals surface area (Å²) in [5.74, 6) is -0.453. The van der Waals surface area contributed by atoms with Gasteiger partial charge in [-0.05, 0) is 6.07 Å². The van der Waals surface area contributed by atoms with Crippen LogP contribution in [0, 0.1) is 10.1 Å². The quantitative estimate of drug-likeness (QED) is 0.342. The van der Waals surface area contributed by atoms with Crippen LogP contribution >= 0.6 is 11.6 Å². The zero-order valence-electron chi connectivity index (χ0n) is 7.77. The van der Waals surface area contributed by atoms with Crippen LogP contribution < -0.4 is 0 Å². The van der Waals surface area contributed by atoms with Gasteiger partial charge in [0.2, 0.25) is 5.15 Å². The fourth-order valence-corrected chi connectivity index (χ4v) is 1.10. The van der Waals surface area contributed by atoms with Gasteiger partial charge in [0, 0.05) is 13.0 Å². The Morgan fingerprint density at radius 3 is 2.80 bits per heavy atom. The van der Waals surface area contributed by atoms with Crippen molar-refractivity contribution in [3.63, 3.8) is 0 Å². The van der Waals surface area contributed by atoms with Crippen molar-refractivity contribution in [3.8, 4) is 0 Å². The standard InChI is InChI=1S/C8H7ClN2O4/c1-5(12)15-4-6-2-3-7(11(13)14)8(9)10-6/h2-3H,4H2,1H3. The Kier molecular flexibility index (Phi) is 3.56. The molecule has 0 N–H and O–H groups in total. The van der Waals surface area contributed by atoms with Crippen molar-refractivity contribution in [2.75, 3.05) is 0 Å². The third-order valence-electron chi connectivity index (χ3n) is 1.51. The number of esters is 1. The lowest BCUT2D eigenvalue weighted by Crippen LogP contribution is -2.01. The molecule has 1 heterocycles. The maximum absolute atomic E-state index is 10.5. The summed E-state index contributed by atoms with van der Waals surface area (Å²) < 4.78 is 4.65. The molecule has 7 heteroatoms. The summed E-state index contributed by atoms with van der Waals surface area (Å²) in [4.78, 5) is 24.0. The summed E-state index contributed by atoms with van der Waals surface area (Å²) in [5, 5.41) is 10.2. The monoisotopic (exact) mass is 230 g/mol. The van der Waals surface area contributed by atoms with Crippen molar-refractivity contribution in [1.29, 1.82) is 0 Å². The SMILES string of the molecule is CC(=O)OCc1ccc([N+](=O)[O-])c(Cl)n1. The van der Waals surface area contributed by atoms with Crippen molar-refractivity contribution in [3.05, 3.63) is 33.1 Å². The van der Waals surface area contributed by atoms with Gasteiger partial charge in [-0.2, -0.15) is 0 Å². The summed E-state index contributed by atoms with van der Waals surface area (Å²) in [6, 6.07) is 2.60. The average molecular weight is 231 g/mol. The Morgan fingerprint density at radius 1 is 1.67 bits per heavy atom. The molecule has 6 nitrogen and oxygen atoms in total. The van der Waals surface area contributed by atoms with E-state index in [2.05, 4.69) is 9.72 Å². The molecule has 0 aliphatic carbocycles. The molecule has 15 heavy (non-hydrogen) atoms. The molecule has 0 atom stereocenters. The number of ether oxygens (including phenoxy) is 1. The van der Waals surface area contributed by atoms with Crippen molar-refractivity contribution in [2.24, 2.45) is 0 Å². The van der Waals surface area contributed by atoms with Crippen molar-refractivity contribution >= 4 is 23.3 Å². The molecule has 80 valence electrons. The molecule has 0 saturated heterocycles. The Balaban J connectivity index is 2.82. The lowest BCUT2D eigenvalue weighted by molar-refractivity contribution is -0.385. The highest BCUT2D eigenvalue weighted by Crippen LogP contribution is 2.21. The Labute approximate surface area is 90.0 Å². The zero-order chi connectivity index (χ0) is 11.4. The number of nitro groups is 1. The van der Waals surface area contributed by atoms with E-state index in [1.54, 1.807) is 0 Å². The van der Waals surface area contributed by atoms with Crippen molar-refractivity contribution in [2.45, 2.75) is 13.5 Å². The normalized spacial score (nSPS) is 9.73. The molecular weight excluding hydrogens is 224 g/mol. The summed E-state index contributed by atoms with van der Waals surface area (Å²) in [6.07, 6.45) is 0. The number of carbonyl (C=O) groups is 1. The van der Waals surface area contributed by atoms with Gasteiger partial charge in [0.25, 0.3) is 0 Å². The average Bonchev–Trinajstić information content (AvgIpc) is 2.14. The largest absolute Gasteiger partial charge is 0.459 e. The number of hydrogen-bond donors (Lipinski definition) is 0. The number of hydrogen-bond acceptors (Lipinski definition) is 5. The predicted octanol–water partition coefficient (Wildman–Crippen LogP) is 1.71. The Hall–Kier alpha value is -1.69. The van der Waals surface area contributed by atoms with Gasteiger partial charge >= 0.3 is 11.7 Å². The number of pyridine rings is 1. The van der Waals surface area contributed by atoms with E-state index >= 15 is 0 Å². The fourth-order valence-electron chi connectivity index (χ4n) is 0.857. The molecule has 0 bridgehead atoms. The lowest BCUT2D eigenvalue weighted by atomic mass is 10.3. The van der Waals surface area contributed by atoms with Crippen LogP contribution in [0.4, 0.5) is 5.69 Å². The molecule has 0 saturated carbocycles. The van der Waals surface area contributed by atoms with Crippen molar-refractivity contribution < 1.29 is 14.5 Å². The first-order valence-electron chi connectivity index (χ1n) is 3.94. The molecule has 0 spiro atoms. The van der Waals surface area contributed by atoms with Crippen molar-refractivity contribution in [1.82, 2.24) is 4.98 Å². The van der Waals surface area contributed by atoms with E-state index in [0.717, 1.165) is 0 Å². The number of nitrogens with zero attached hydrogens (tertiary/aromatic N) is 2.